The quantitative estimate of drug-likeness (QED) is 0.689. The van der Waals surface area contributed by atoms with Gasteiger partial charge in [-0.25, -0.2) is 0 Å². The summed E-state index contributed by atoms with van der Waals surface area (Å²) < 4.78 is 6.78. The topological polar surface area (TPSA) is 57.0 Å². The van der Waals surface area contributed by atoms with Crippen molar-refractivity contribution in [2.24, 2.45) is 5.92 Å². The first-order valence-corrected chi connectivity index (χ1v) is 9.12. The fourth-order valence-electron chi connectivity index (χ4n) is 2.03. The van der Waals surface area contributed by atoms with Gasteiger partial charge in [0.05, 0.1) is 12.1 Å². The Kier molecular flexibility index (Phi) is 9.51. The minimum atomic E-state index is -0.177. The number of hydrogen-bond acceptors (Lipinski definition) is 4. The zero-order valence-electron chi connectivity index (χ0n) is 16.1. The molecule has 2 aromatic rings. The molecule has 1 aromatic heterocycles. The molecular formula is C20H31N3O2. The first kappa shape index (κ1) is 20.9. The maximum Gasteiger partial charge on any atom is 0.309 e. The van der Waals surface area contributed by atoms with E-state index >= 15 is 0 Å². The number of nitrogens with zero attached hydrogens (tertiary/aromatic N) is 3. The second-order valence-electron chi connectivity index (χ2n) is 6.20. The third kappa shape index (κ3) is 7.50. The summed E-state index contributed by atoms with van der Waals surface area (Å²) in [5.41, 5.74) is 2.14. The standard InChI is InChI=1S/C10H17N3O2.C10H14/c1-4-8(3)10(14)15-7-9-6-13(5-2)12-11-9;1-3-9(2)10-7-5-4-6-8-10/h6,8H,4-5,7H2,1-3H3;4-9H,3H2,1-2H3. The normalized spacial score (nSPS) is 12.7. The molecule has 0 spiro atoms. The largest absolute Gasteiger partial charge is 0.459 e. The average Bonchev–Trinajstić information content (AvgIpc) is 3.14. The Bertz CT molecular complexity index is 610. The van der Waals surface area contributed by atoms with Gasteiger partial charge in [-0.15, -0.1) is 5.10 Å². The van der Waals surface area contributed by atoms with Crippen LogP contribution in [0.5, 0.6) is 0 Å². The maximum absolute atomic E-state index is 11.3. The van der Waals surface area contributed by atoms with Crippen molar-refractivity contribution in [3.63, 3.8) is 0 Å². The van der Waals surface area contributed by atoms with E-state index in [4.69, 9.17) is 4.74 Å². The van der Waals surface area contributed by atoms with Crippen LogP contribution in [0.25, 0.3) is 0 Å². The predicted octanol–water partition coefficient (Wildman–Crippen LogP) is 4.59. The SMILES string of the molecule is CCC(C)C(=O)OCc1cn(CC)nn1.CCC(C)c1ccccc1. The van der Waals surface area contributed by atoms with Crippen LogP contribution in [0.4, 0.5) is 0 Å². The van der Waals surface area contributed by atoms with Gasteiger partial charge in [0.1, 0.15) is 12.3 Å². The second-order valence-corrected chi connectivity index (χ2v) is 6.20. The molecule has 0 aliphatic rings. The monoisotopic (exact) mass is 345 g/mol. The van der Waals surface area contributed by atoms with Crippen LogP contribution in [0.15, 0.2) is 36.5 Å². The summed E-state index contributed by atoms with van der Waals surface area (Å²) in [6, 6.07) is 10.6. The average molecular weight is 345 g/mol. The van der Waals surface area contributed by atoms with Crippen molar-refractivity contribution in [2.75, 3.05) is 0 Å². The van der Waals surface area contributed by atoms with Crippen molar-refractivity contribution in [3.8, 4) is 0 Å². The summed E-state index contributed by atoms with van der Waals surface area (Å²) in [5.74, 6) is 0.482. The number of esters is 1. The van der Waals surface area contributed by atoms with Gasteiger partial charge >= 0.3 is 5.97 Å². The van der Waals surface area contributed by atoms with E-state index in [0.29, 0.717) is 11.6 Å². The van der Waals surface area contributed by atoms with Crippen LogP contribution >= 0.6 is 0 Å². The number of carbonyl (C=O) groups excluding carboxylic acids is 1. The molecule has 0 amide bonds. The van der Waals surface area contributed by atoms with Crippen LogP contribution < -0.4 is 0 Å². The van der Waals surface area contributed by atoms with Crippen molar-refractivity contribution in [3.05, 3.63) is 47.8 Å². The molecule has 25 heavy (non-hydrogen) atoms. The molecule has 5 nitrogen and oxygen atoms in total. The van der Waals surface area contributed by atoms with Gasteiger partial charge in [-0.2, -0.15) is 0 Å². The Balaban J connectivity index is 0.000000271. The maximum atomic E-state index is 11.3. The molecule has 0 saturated heterocycles. The van der Waals surface area contributed by atoms with Crippen molar-refractivity contribution in [1.29, 1.82) is 0 Å². The van der Waals surface area contributed by atoms with Gasteiger partial charge in [-0.3, -0.25) is 9.48 Å². The van der Waals surface area contributed by atoms with Crippen LogP contribution in [0.3, 0.4) is 0 Å². The lowest BCUT2D eigenvalue weighted by Gasteiger charge is -2.07. The Hall–Kier alpha value is -2.17. The van der Waals surface area contributed by atoms with E-state index in [2.05, 4.69) is 54.5 Å². The number of benzene rings is 1. The minimum absolute atomic E-state index is 0.0498. The van der Waals surface area contributed by atoms with E-state index < -0.39 is 0 Å². The molecule has 2 unspecified atom stereocenters. The lowest BCUT2D eigenvalue weighted by atomic mass is 9.99. The Morgan fingerprint density at radius 1 is 1.12 bits per heavy atom. The molecule has 1 aromatic carbocycles. The van der Waals surface area contributed by atoms with E-state index in [1.807, 2.05) is 20.8 Å². The lowest BCUT2D eigenvalue weighted by molar-refractivity contribution is -0.149. The molecule has 0 radical (unpaired) electrons. The first-order chi connectivity index (χ1) is 12.0. The van der Waals surface area contributed by atoms with Crippen LogP contribution in [-0.2, 0) is 22.7 Å². The highest BCUT2D eigenvalue weighted by Crippen LogP contribution is 2.16. The Morgan fingerprint density at radius 3 is 2.32 bits per heavy atom. The van der Waals surface area contributed by atoms with Crippen molar-refractivity contribution < 1.29 is 9.53 Å². The van der Waals surface area contributed by atoms with Gasteiger partial charge in [0.25, 0.3) is 0 Å². The molecule has 0 N–H and O–H groups in total. The van der Waals surface area contributed by atoms with Crippen LogP contribution in [0.2, 0.25) is 0 Å². The second kappa shape index (κ2) is 11.4. The summed E-state index contributed by atoms with van der Waals surface area (Å²) in [7, 11) is 0. The number of hydrogen-bond donors (Lipinski definition) is 0. The van der Waals surface area contributed by atoms with Crippen molar-refractivity contribution in [1.82, 2.24) is 15.0 Å². The van der Waals surface area contributed by atoms with Gasteiger partial charge in [0.2, 0.25) is 0 Å². The number of rotatable bonds is 7. The molecule has 0 saturated carbocycles. The van der Waals surface area contributed by atoms with Gasteiger partial charge in [0.15, 0.2) is 0 Å². The molecule has 5 heteroatoms. The number of carbonyl (C=O) groups is 1. The van der Waals surface area contributed by atoms with E-state index in [1.54, 1.807) is 10.9 Å². The van der Waals surface area contributed by atoms with Crippen molar-refractivity contribution >= 4 is 5.97 Å². The number of aryl methyl sites for hydroxylation is 1. The van der Waals surface area contributed by atoms with Crippen LogP contribution in [0, 0.1) is 5.92 Å². The zero-order valence-corrected chi connectivity index (χ0v) is 16.1. The summed E-state index contributed by atoms with van der Waals surface area (Å²) in [6.45, 7) is 11.2. The highest BCUT2D eigenvalue weighted by Gasteiger charge is 2.12. The molecule has 2 atom stereocenters. The van der Waals surface area contributed by atoms with Crippen LogP contribution in [0.1, 0.15) is 64.6 Å². The lowest BCUT2D eigenvalue weighted by Crippen LogP contribution is -2.13. The summed E-state index contributed by atoms with van der Waals surface area (Å²) in [5, 5.41) is 7.73. The van der Waals surface area contributed by atoms with Crippen molar-refractivity contribution in [2.45, 2.75) is 66.5 Å². The highest BCUT2D eigenvalue weighted by molar-refractivity contribution is 5.71. The van der Waals surface area contributed by atoms with E-state index in [-0.39, 0.29) is 18.5 Å². The molecule has 0 bridgehead atoms. The number of aromatic nitrogens is 3. The van der Waals surface area contributed by atoms with Gasteiger partial charge in [-0.1, -0.05) is 63.2 Å². The first-order valence-electron chi connectivity index (χ1n) is 9.12. The Labute approximate surface area is 151 Å². The highest BCUT2D eigenvalue weighted by atomic mass is 16.5. The van der Waals surface area contributed by atoms with Gasteiger partial charge in [0, 0.05) is 6.54 Å². The molecule has 2 rings (SSSR count). The van der Waals surface area contributed by atoms with Gasteiger partial charge < -0.3 is 4.74 Å². The van der Waals surface area contributed by atoms with Gasteiger partial charge in [-0.05, 0) is 31.2 Å². The third-order valence-corrected chi connectivity index (χ3v) is 4.27. The predicted molar refractivity (Wildman–Crippen MR) is 100 cm³/mol. The fourth-order valence-corrected chi connectivity index (χ4v) is 2.03. The smallest absolute Gasteiger partial charge is 0.309 e. The van der Waals surface area contributed by atoms with Crippen LogP contribution in [-0.4, -0.2) is 21.0 Å². The summed E-state index contributed by atoms with van der Waals surface area (Å²) >= 11 is 0. The van der Waals surface area contributed by atoms with E-state index in [0.717, 1.165) is 13.0 Å². The molecule has 1 heterocycles. The summed E-state index contributed by atoms with van der Waals surface area (Å²) in [6.07, 6.45) is 3.80. The molecule has 0 aliphatic carbocycles. The van der Waals surface area contributed by atoms with E-state index in [9.17, 15) is 4.79 Å². The zero-order chi connectivity index (χ0) is 18.7. The van der Waals surface area contributed by atoms with E-state index in [1.165, 1.54) is 12.0 Å². The summed E-state index contributed by atoms with van der Waals surface area (Å²) in [4.78, 5) is 11.3. The molecule has 0 aliphatic heterocycles. The molecule has 0 fully saturated rings. The minimum Gasteiger partial charge on any atom is -0.459 e. The number of ether oxygens (including phenoxy) is 1. The Morgan fingerprint density at radius 2 is 1.80 bits per heavy atom. The fraction of sp³-hybridized carbons (Fsp3) is 0.550. The molecular weight excluding hydrogens is 314 g/mol. The molecule has 138 valence electrons. The third-order valence-electron chi connectivity index (χ3n) is 4.27.